The van der Waals surface area contributed by atoms with Crippen LogP contribution < -0.4 is 0 Å². The SMILES string of the molecule is C=C[C@H]1CCC2C3C=CC4=CC(O)CC[C@]4(N=O)C3CC[C@@]21C. The second kappa shape index (κ2) is 5.14. The first kappa shape index (κ1) is 15.3. The molecule has 7 atom stereocenters. The topological polar surface area (TPSA) is 49.7 Å². The molecule has 0 saturated heterocycles. The first-order chi connectivity index (χ1) is 11.0. The lowest BCUT2D eigenvalue weighted by atomic mass is 9.51. The zero-order valence-electron chi connectivity index (χ0n) is 13.9. The van der Waals surface area contributed by atoms with Crippen molar-refractivity contribution in [3.8, 4) is 0 Å². The van der Waals surface area contributed by atoms with Gasteiger partial charge in [0.15, 0.2) is 0 Å². The third-order valence-corrected chi connectivity index (χ3v) is 7.66. The molecule has 2 saturated carbocycles. The van der Waals surface area contributed by atoms with Crippen LogP contribution in [0.1, 0.15) is 45.4 Å². The van der Waals surface area contributed by atoms with Gasteiger partial charge < -0.3 is 5.11 Å². The summed E-state index contributed by atoms with van der Waals surface area (Å²) < 4.78 is 0. The Morgan fingerprint density at radius 1 is 1.26 bits per heavy atom. The maximum Gasteiger partial charge on any atom is 0.131 e. The Balaban J connectivity index is 1.76. The molecule has 4 rings (SSSR count). The minimum absolute atomic E-state index is 0.311. The van der Waals surface area contributed by atoms with E-state index in [4.69, 9.17) is 0 Å². The zero-order chi connectivity index (χ0) is 16.2. The summed E-state index contributed by atoms with van der Waals surface area (Å²) in [7, 11) is 0. The van der Waals surface area contributed by atoms with E-state index >= 15 is 0 Å². The fraction of sp³-hybridized carbons (Fsp3) is 0.700. The van der Waals surface area contributed by atoms with Gasteiger partial charge in [0.2, 0.25) is 0 Å². The van der Waals surface area contributed by atoms with E-state index in [-0.39, 0.29) is 0 Å². The highest BCUT2D eigenvalue weighted by atomic mass is 16.3. The summed E-state index contributed by atoms with van der Waals surface area (Å²) in [5.74, 6) is 1.99. The number of nitrogens with zero attached hydrogens (tertiary/aromatic N) is 1. The summed E-state index contributed by atoms with van der Waals surface area (Å²) in [5, 5.41) is 13.6. The van der Waals surface area contributed by atoms with Crippen molar-refractivity contribution in [2.75, 3.05) is 0 Å². The van der Waals surface area contributed by atoms with Crippen molar-refractivity contribution in [1.82, 2.24) is 0 Å². The molecule has 0 spiro atoms. The maximum absolute atomic E-state index is 11.9. The summed E-state index contributed by atoms with van der Waals surface area (Å²) in [6.45, 7) is 6.49. The number of allylic oxidation sites excluding steroid dienone is 2. The summed E-state index contributed by atoms with van der Waals surface area (Å²) in [6, 6.07) is 0. The van der Waals surface area contributed by atoms with Crippen LogP contribution in [-0.2, 0) is 0 Å². The van der Waals surface area contributed by atoms with Gasteiger partial charge in [0.25, 0.3) is 0 Å². The van der Waals surface area contributed by atoms with Gasteiger partial charge in [0.05, 0.1) is 6.10 Å². The molecular weight excluding hydrogens is 286 g/mol. The molecule has 0 heterocycles. The van der Waals surface area contributed by atoms with Crippen molar-refractivity contribution in [1.29, 1.82) is 0 Å². The van der Waals surface area contributed by atoms with Crippen molar-refractivity contribution in [3.63, 3.8) is 0 Å². The highest BCUT2D eigenvalue weighted by Gasteiger charge is 2.59. The Hall–Kier alpha value is -1.22. The molecule has 0 amide bonds. The van der Waals surface area contributed by atoms with E-state index < -0.39 is 11.6 Å². The van der Waals surface area contributed by atoms with Gasteiger partial charge >= 0.3 is 0 Å². The van der Waals surface area contributed by atoms with Gasteiger partial charge in [-0.1, -0.05) is 36.4 Å². The fourth-order valence-electron chi connectivity index (χ4n) is 6.38. The number of rotatable bonds is 2. The van der Waals surface area contributed by atoms with Gasteiger partial charge in [-0.15, -0.1) is 11.5 Å². The largest absolute Gasteiger partial charge is 0.389 e. The number of hydrogen-bond acceptors (Lipinski definition) is 3. The molecular formula is C20H27NO2. The summed E-state index contributed by atoms with van der Waals surface area (Å²) in [4.78, 5) is 11.9. The van der Waals surface area contributed by atoms with Crippen LogP contribution in [0.5, 0.6) is 0 Å². The molecule has 0 aromatic rings. The van der Waals surface area contributed by atoms with Gasteiger partial charge in [0.1, 0.15) is 5.54 Å². The first-order valence-corrected chi connectivity index (χ1v) is 9.11. The molecule has 124 valence electrons. The molecule has 3 heteroatoms. The standard InChI is InChI=1S/C20H27NO2/c1-3-13-5-7-17-16-6-4-14-12-15(22)8-11-20(14,21-23)18(16)9-10-19(13,17)2/h3-4,6,12-13,15-18,22H,1,5,7-11H2,2H3/t13-,15?,16?,17?,18?,19+,20+/m0/s1. The Morgan fingerprint density at radius 3 is 2.83 bits per heavy atom. The lowest BCUT2D eigenvalue weighted by Crippen LogP contribution is -2.52. The first-order valence-electron chi connectivity index (χ1n) is 9.11. The maximum atomic E-state index is 11.9. The zero-order valence-corrected chi connectivity index (χ0v) is 13.9. The van der Waals surface area contributed by atoms with Crippen molar-refractivity contribution < 1.29 is 5.11 Å². The number of aliphatic hydroxyl groups excluding tert-OH is 1. The van der Waals surface area contributed by atoms with Crippen LogP contribution in [0.15, 0.2) is 41.6 Å². The minimum atomic E-state index is -0.591. The molecule has 0 radical (unpaired) electrons. The van der Waals surface area contributed by atoms with E-state index in [0.717, 1.165) is 18.4 Å². The second-order valence-electron chi connectivity index (χ2n) is 8.36. The Bertz CT molecular complexity index is 594. The van der Waals surface area contributed by atoms with Crippen molar-refractivity contribution in [3.05, 3.63) is 41.4 Å². The van der Waals surface area contributed by atoms with E-state index in [1.807, 2.05) is 6.08 Å². The van der Waals surface area contributed by atoms with Crippen molar-refractivity contribution >= 4 is 0 Å². The average Bonchev–Trinajstić information content (AvgIpc) is 2.90. The van der Waals surface area contributed by atoms with Crippen LogP contribution in [0.3, 0.4) is 0 Å². The van der Waals surface area contributed by atoms with Gasteiger partial charge in [-0.25, -0.2) is 0 Å². The molecule has 0 aliphatic heterocycles. The van der Waals surface area contributed by atoms with Gasteiger partial charge in [-0.2, -0.15) is 0 Å². The van der Waals surface area contributed by atoms with Crippen LogP contribution in [0.2, 0.25) is 0 Å². The van der Waals surface area contributed by atoms with Crippen molar-refractivity contribution in [2.24, 2.45) is 34.3 Å². The molecule has 1 N–H and O–H groups in total. The molecule has 4 aliphatic rings. The van der Waals surface area contributed by atoms with Crippen LogP contribution in [0.25, 0.3) is 0 Å². The average molecular weight is 313 g/mol. The van der Waals surface area contributed by atoms with E-state index in [9.17, 15) is 10.0 Å². The molecule has 4 unspecified atom stereocenters. The number of fused-ring (bicyclic) bond motifs is 5. The number of hydrogen-bond donors (Lipinski definition) is 1. The number of aliphatic hydroxyl groups is 1. The molecule has 0 aromatic heterocycles. The van der Waals surface area contributed by atoms with E-state index in [1.165, 1.54) is 12.8 Å². The monoisotopic (exact) mass is 313 g/mol. The third kappa shape index (κ3) is 1.92. The lowest BCUT2D eigenvalue weighted by molar-refractivity contribution is 0.0109. The van der Waals surface area contributed by atoms with E-state index in [2.05, 4.69) is 36.9 Å². The second-order valence-corrected chi connectivity index (χ2v) is 8.36. The molecule has 23 heavy (non-hydrogen) atoms. The van der Waals surface area contributed by atoms with Crippen LogP contribution in [0.4, 0.5) is 0 Å². The lowest BCUT2D eigenvalue weighted by Gasteiger charge is -2.54. The highest BCUT2D eigenvalue weighted by Crippen LogP contribution is 2.64. The quantitative estimate of drug-likeness (QED) is 0.607. The molecule has 2 fully saturated rings. The minimum Gasteiger partial charge on any atom is -0.389 e. The van der Waals surface area contributed by atoms with Crippen LogP contribution >= 0.6 is 0 Å². The Kier molecular flexibility index (Phi) is 3.42. The number of nitroso groups, excluding NO2 is 1. The molecule has 4 aliphatic carbocycles. The van der Waals surface area contributed by atoms with Crippen LogP contribution in [0, 0.1) is 34.0 Å². The molecule has 0 aromatic carbocycles. The summed E-state index contributed by atoms with van der Waals surface area (Å²) in [6.07, 6.45) is 14.1. The predicted octanol–water partition coefficient (Wildman–Crippen LogP) is 4.39. The summed E-state index contributed by atoms with van der Waals surface area (Å²) in [5.41, 5.74) is 0.702. The summed E-state index contributed by atoms with van der Waals surface area (Å²) >= 11 is 0. The Labute approximate surface area is 138 Å². The fourth-order valence-corrected chi connectivity index (χ4v) is 6.38. The predicted molar refractivity (Wildman–Crippen MR) is 91.7 cm³/mol. The molecule has 3 nitrogen and oxygen atoms in total. The van der Waals surface area contributed by atoms with E-state index in [0.29, 0.717) is 41.9 Å². The van der Waals surface area contributed by atoms with Crippen molar-refractivity contribution in [2.45, 2.75) is 57.1 Å². The van der Waals surface area contributed by atoms with E-state index in [1.54, 1.807) is 0 Å². The van der Waals surface area contributed by atoms with Gasteiger partial charge in [-0.05, 0) is 73.2 Å². The smallest absolute Gasteiger partial charge is 0.131 e. The van der Waals surface area contributed by atoms with Gasteiger partial charge in [-0.3, -0.25) is 0 Å². The molecule has 0 bridgehead atoms. The third-order valence-electron chi connectivity index (χ3n) is 7.66. The Morgan fingerprint density at radius 2 is 2.09 bits per heavy atom. The highest BCUT2D eigenvalue weighted by molar-refractivity contribution is 5.41. The van der Waals surface area contributed by atoms with Gasteiger partial charge in [0, 0.05) is 0 Å². The normalized spacial score (nSPS) is 51.2. The van der Waals surface area contributed by atoms with Crippen LogP contribution in [-0.4, -0.2) is 16.7 Å².